The first-order valence-electron chi connectivity index (χ1n) is 8.53. The number of phenolic OH excluding ortho intramolecular Hbond substituents is 1. The van der Waals surface area contributed by atoms with E-state index in [0.717, 1.165) is 16.7 Å². The highest BCUT2D eigenvalue weighted by Gasteiger charge is 2.40. The Bertz CT molecular complexity index is 950. The van der Waals surface area contributed by atoms with Crippen LogP contribution in [0.2, 0.25) is 0 Å². The second-order valence-electron chi connectivity index (χ2n) is 7.37. The molecule has 2 aliphatic rings. The Morgan fingerprint density at radius 3 is 2.69 bits per heavy atom. The van der Waals surface area contributed by atoms with E-state index in [1.807, 2.05) is 0 Å². The Morgan fingerprint density at radius 2 is 2.00 bits per heavy atom. The van der Waals surface area contributed by atoms with Crippen molar-refractivity contribution in [2.45, 2.75) is 38.9 Å². The molecule has 2 aliphatic heterocycles. The quantitative estimate of drug-likeness (QED) is 0.810. The molecule has 2 aromatic carbocycles. The minimum Gasteiger partial charge on any atom is -0.508 e. The Hall–Kier alpha value is -2.79. The molecule has 0 fully saturated rings. The molecule has 0 radical (unpaired) electrons. The molecule has 5 nitrogen and oxygen atoms in total. The molecule has 0 spiro atoms. The summed E-state index contributed by atoms with van der Waals surface area (Å²) in [6.45, 7) is 5.20. The van der Waals surface area contributed by atoms with Gasteiger partial charge in [-0.15, -0.1) is 0 Å². The standard InChI is InChI=1S/C21H20O5/c1-11-8-12(4-6-15(11)22)9-17-19(23)13-5-7-16-14(20(13)26-17)10-18(25-16)21(2,3)24/h4-9,18,22,24H,10H2,1-3H3/b17-9-/t18-/m1/s1. The van der Waals surface area contributed by atoms with Crippen LogP contribution in [0.5, 0.6) is 17.2 Å². The number of rotatable bonds is 2. The molecule has 0 aliphatic carbocycles. The second-order valence-corrected chi connectivity index (χ2v) is 7.37. The van der Waals surface area contributed by atoms with E-state index in [-0.39, 0.29) is 23.4 Å². The lowest BCUT2D eigenvalue weighted by atomic mass is 9.96. The highest BCUT2D eigenvalue weighted by molar-refractivity contribution is 6.15. The molecule has 0 bridgehead atoms. The average molecular weight is 352 g/mol. The Labute approximate surface area is 151 Å². The first-order chi connectivity index (χ1) is 12.2. The molecule has 2 heterocycles. The van der Waals surface area contributed by atoms with Crippen LogP contribution in [0, 0.1) is 6.92 Å². The third-order valence-electron chi connectivity index (χ3n) is 4.86. The lowest BCUT2D eigenvalue weighted by Crippen LogP contribution is -2.39. The van der Waals surface area contributed by atoms with Crippen molar-refractivity contribution in [2.24, 2.45) is 0 Å². The second kappa shape index (κ2) is 5.61. The summed E-state index contributed by atoms with van der Waals surface area (Å²) in [4.78, 5) is 12.7. The van der Waals surface area contributed by atoms with E-state index in [0.29, 0.717) is 23.5 Å². The van der Waals surface area contributed by atoms with Crippen molar-refractivity contribution >= 4 is 11.9 Å². The predicted octanol–water partition coefficient (Wildman–Crippen LogP) is 3.39. The smallest absolute Gasteiger partial charge is 0.231 e. The fraction of sp³-hybridized carbons (Fsp3) is 0.286. The number of Topliss-reactive ketones (excluding diaryl/α,β-unsaturated/α-hetero) is 1. The van der Waals surface area contributed by atoms with Gasteiger partial charge < -0.3 is 19.7 Å². The Kier molecular flexibility index (Phi) is 3.59. The number of fused-ring (bicyclic) bond motifs is 3. The molecule has 5 heteroatoms. The van der Waals surface area contributed by atoms with Gasteiger partial charge in [0.05, 0.1) is 11.2 Å². The lowest BCUT2D eigenvalue weighted by molar-refractivity contribution is -0.0229. The van der Waals surface area contributed by atoms with Gasteiger partial charge in [0, 0.05) is 12.0 Å². The summed E-state index contributed by atoms with van der Waals surface area (Å²) < 4.78 is 11.7. The first-order valence-corrected chi connectivity index (χ1v) is 8.53. The van der Waals surface area contributed by atoms with Crippen molar-refractivity contribution in [2.75, 3.05) is 0 Å². The molecule has 0 saturated carbocycles. The van der Waals surface area contributed by atoms with Crippen molar-refractivity contribution in [3.63, 3.8) is 0 Å². The van der Waals surface area contributed by atoms with Crippen LogP contribution >= 0.6 is 0 Å². The number of hydrogen-bond donors (Lipinski definition) is 2. The maximum absolute atomic E-state index is 12.7. The van der Waals surface area contributed by atoms with Crippen molar-refractivity contribution in [1.29, 1.82) is 0 Å². The van der Waals surface area contributed by atoms with Gasteiger partial charge in [0.15, 0.2) is 5.76 Å². The van der Waals surface area contributed by atoms with Crippen molar-refractivity contribution in [3.05, 3.63) is 58.3 Å². The molecule has 0 aromatic heterocycles. The van der Waals surface area contributed by atoms with Crippen LogP contribution in [0.4, 0.5) is 0 Å². The summed E-state index contributed by atoms with van der Waals surface area (Å²) >= 11 is 0. The van der Waals surface area contributed by atoms with Gasteiger partial charge in [-0.3, -0.25) is 4.79 Å². The zero-order chi connectivity index (χ0) is 18.6. The number of benzene rings is 2. The van der Waals surface area contributed by atoms with Crippen molar-refractivity contribution < 1.29 is 24.5 Å². The summed E-state index contributed by atoms with van der Waals surface area (Å²) in [6.07, 6.45) is 1.78. The van der Waals surface area contributed by atoms with Crippen LogP contribution in [0.15, 0.2) is 36.1 Å². The molecule has 26 heavy (non-hydrogen) atoms. The van der Waals surface area contributed by atoms with E-state index in [2.05, 4.69) is 0 Å². The van der Waals surface area contributed by atoms with E-state index in [1.54, 1.807) is 57.2 Å². The van der Waals surface area contributed by atoms with Gasteiger partial charge in [0.1, 0.15) is 23.4 Å². The number of carbonyl (C=O) groups excluding carboxylic acids is 1. The monoisotopic (exact) mass is 352 g/mol. The first kappa shape index (κ1) is 16.7. The molecule has 134 valence electrons. The molecule has 2 aromatic rings. The van der Waals surface area contributed by atoms with E-state index in [1.165, 1.54) is 0 Å². The van der Waals surface area contributed by atoms with Crippen LogP contribution in [-0.4, -0.2) is 27.7 Å². The number of phenols is 1. The molecule has 0 unspecified atom stereocenters. The third kappa shape index (κ3) is 2.65. The Morgan fingerprint density at radius 1 is 1.23 bits per heavy atom. The number of aromatic hydroxyl groups is 1. The fourth-order valence-corrected chi connectivity index (χ4v) is 3.29. The topological polar surface area (TPSA) is 76.0 Å². The predicted molar refractivity (Wildman–Crippen MR) is 96.6 cm³/mol. The molecular weight excluding hydrogens is 332 g/mol. The van der Waals surface area contributed by atoms with Crippen molar-refractivity contribution in [1.82, 2.24) is 0 Å². The summed E-state index contributed by atoms with van der Waals surface area (Å²) in [5.41, 5.74) is 1.83. The van der Waals surface area contributed by atoms with Gasteiger partial charge in [-0.05, 0) is 62.2 Å². The maximum Gasteiger partial charge on any atom is 0.231 e. The molecule has 0 saturated heterocycles. The van der Waals surface area contributed by atoms with E-state index in [9.17, 15) is 15.0 Å². The van der Waals surface area contributed by atoms with Gasteiger partial charge in [-0.25, -0.2) is 0 Å². The van der Waals surface area contributed by atoms with E-state index < -0.39 is 5.60 Å². The molecule has 2 N–H and O–H groups in total. The van der Waals surface area contributed by atoms with E-state index in [4.69, 9.17) is 9.47 Å². The SMILES string of the molecule is Cc1cc(/C=C2\Oc3c(ccc4c3C[C@H](C(C)(C)O)O4)C2=O)ccc1O. The maximum atomic E-state index is 12.7. The summed E-state index contributed by atoms with van der Waals surface area (Å²) in [5.74, 6) is 1.43. The number of carbonyl (C=O) groups is 1. The summed E-state index contributed by atoms with van der Waals surface area (Å²) in [6, 6.07) is 8.57. The number of ether oxygens (including phenoxy) is 2. The molecule has 1 atom stereocenters. The minimum absolute atomic E-state index is 0.180. The highest BCUT2D eigenvalue weighted by Crippen LogP contribution is 2.45. The van der Waals surface area contributed by atoms with Crippen LogP contribution in [0.1, 0.15) is 40.9 Å². The van der Waals surface area contributed by atoms with Crippen LogP contribution in [-0.2, 0) is 6.42 Å². The van der Waals surface area contributed by atoms with Crippen molar-refractivity contribution in [3.8, 4) is 17.2 Å². The Balaban J connectivity index is 1.69. The van der Waals surface area contributed by atoms with Crippen LogP contribution < -0.4 is 9.47 Å². The average Bonchev–Trinajstić information content (AvgIpc) is 3.13. The minimum atomic E-state index is -0.989. The largest absolute Gasteiger partial charge is 0.508 e. The number of hydrogen-bond acceptors (Lipinski definition) is 5. The fourth-order valence-electron chi connectivity index (χ4n) is 3.29. The molecule has 4 rings (SSSR count). The molecular formula is C21H20O5. The van der Waals surface area contributed by atoms with Gasteiger partial charge in [0.2, 0.25) is 5.78 Å². The number of aliphatic hydroxyl groups is 1. The zero-order valence-electron chi connectivity index (χ0n) is 14.9. The summed E-state index contributed by atoms with van der Waals surface area (Å²) in [7, 11) is 0. The van der Waals surface area contributed by atoms with Gasteiger partial charge in [-0.2, -0.15) is 0 Å². The number of aryl methyl sites for hydroxylation is 1. The molecule has 0 amide bonds. The van der Waals surface area contributed by atoms with Gasteiger partial charge >= 0.3 is 0 Å². The number of ketones is 1. The van der Waals surface area contributed by atoms with Crippen LogP contribution in [0.3, 0.4) is 0 Å². The van der Waals surface area contributed by atoms with Gasteiger partial charge in [-0.1, -0.05) is 6.07 Å². The number of allylic oxidation sites excluding steroid dienone is 1. The van der Waals surface area contributed by atoms with Crippen LogP contribution in [0.25, 0.3) is 6.08 Å². The lowest BCUT2D eigenvalue weighted by Gasteiger charge is -2.24. The third-order valence-corrected chi connectivity index (χ3v) is 4.86. The highest BCUT2D eigenvalue weighted by atomic mass is 16.5. The van der Waals surface area contributed by atoms with Gasteiger partial charge in [0.25, 0.3) is 0 Å². The zero-order valence-corrected chi connectivity index (χ0v) is 14.9. The summed E-state index contributed by atoms with van der Waals surface area (Å²) in [5, 5.41) is 19.9. The van der Waals surface area contributed by atoms with E-state index >= 15 is 0 Å². The normalized spacial score (nSPS) is 19.9.